The van der Waals surface area contributed by atoms with Gasteiger partial charge >= 0.3 is 0 Å². The molecule has 3 N–H and O–H groups in total. The van der Waals surface area contributed by atoms with Crippen molar-refractivity contribution in [1.82, 2.24) is 0 Å². The SMILES string of the molecule is NC(=O)COc1ccc(NC(=O)c2cccc(Oc3ccccc3)c2)cc1. The van der Waals surface area contributed by atoms with E-state index in [1.54, 1.807) is 48.5 Å². The average molecular weight is 362 g/mol. The Morgan fingerprint density at radius 3 is 2.22 bits per heavy atom. The molecule has 27 heavy (non-hydrogen) atoms. The molecule has 6 nitrogen and oxygen atoms in total. The maximum absolute atomic E-state index is 12.5. The molecule has 0 atom stereocenters. The summed E-state index contributed by atoms with van der Waals surface area (Å²) in [6.07, 6.45) is 0. The largest absolute Gasteiger partial charge is 0.484 e. The number of nitrogens with one attached hydrogen (secondary N) is 1. The predicted octanol–water partition coefficient (Wildman–Crippen LogP) is 3.60. The first-order chi connectivity index (χ1) is 13.1. The highest BCUT2D eigenvalue weighted by atomic mass is 16.5. The van der Waals surface area contributed by atoms with E-state index in [9.17, 15) is 9.59 Å². The zero-order valence-corrected chi connectivity index (χ0v) is 14.4. The van der Waals surface area contributed by atoms with Crippen LogP contribution in [-0.2, 0) is 4.79 Å². The lowest BCUT2D eigenvalue weighted by Gasteiger charge is -2.09. The number of carbonyl (C=O) groups excluding carboxylic acids is 2. The second kappa shape index (κ2) is 8.53. The Bertz CT molecular complexity index is 924. The molecule has 0 saturated heterocycles. The molecule has 3 aromatic rings. The van der Waals surface area contributed by atoms with Crippen molar-refractivity contribution in [1.29, 1.82) is 0 Å². The van der Waals surface area contributed by atoms with Gasteiger partial charge in [0.05, 0.1) is 0 Å². The molecule has 2 amide bonds. The number of hydrogen-bond acceptors (Lipinski definition) is 4. The predicted molar refractivity (Wildman–Crippen MR) is 102 cm³/mol. The quantitative estimate of drug-likeness (QED) is 0.672. The van der Waals surface area contributed by atoms with Crippen molar-refractivity contribution in [2.75, 3.05) is 11.9 Å². The van der Waals surface area contributed by atoms with E-state index in [1.165, 1.54) is 0 Å². The van der Waals surface area contributed by atoms with Crippen LogP contribution >= 0.6 is 0 Å². The number of anilines is 1. The summed E-state index contributed by atoms with van der Waals surface area (Å²) in [5, 5.41) is 2.80. The molecule has 136 valence electrons. The van der Waals surface area contributed by atoms with E-state index in [-0.39, 0.29) is 12.5 Å². The van der Waals surface area contributed by atoms with Gasteiger partial charge in [0.25, 0.3) is 11.8 Å². The lowest BCUT2D eigenvalue weighted by molar-refractivity contribution is -0.119. The molecule has 0 unspecified atom stereocenters. The zero-order valence-electron chi connectivity index (χ0n) is 14.4. The van der Waals surface area contributed by atoms with E-state index in [0.29, 0.717) is 28.5 Å². The number of hydrogen-bond donors (Lipinski definition) is 2. The van der Waals surface area contributed by atoms with Crippen LogP contribution in [0, 0.1) is 0 Å². The molecule has 3 aromatic carbocycles. The van der Waals surface area contributed by atoms with Crippen LogP contribution < -0.4 is 20.5 Å². The van der Waals surface area contributed by atoms with Crippen molar-refractivity contribution in [2.24, 2.45) is 5.73 Å². The molecule has 0 aromatic heterocycles. The van der Waals surface area contributed by atoms with Gasteiger partial charge in [-0.25, -0.2) is 0 Å². The molecule has 0 radical (unpaired) electrons. The zero-order chi connectivity index (χ0) is 19.1. The van der Waals surface area contributed by atoms with Crippen molar-refractivity contribution in [3.8, 4) is 17.2 Å². The van der Waals surface area contributed by atoms with Gasteiger partial charge in [-0.05, 0) is 54.6 Å². The second-order valence-corrected chi connectivity index (χ2v) is 5.68. The lowest BCUT2D eigenvalue weighted by Crippen LogP contribution is -2.20. The minimum atomic E-state index is -0.551. The van der Waals surface area contributed by atoms with Crippen molar-refractivity contribution in [3.05, 3.63) is 84.4 Å². The van der Waals surface area contributed by atoms with Gasteiger partial charge in [0, 0.05) is 11.3 Å². The highest BCUT2D eigenvalue weighted by molar-refractivity contribution is 6.04. The fourth-order valence-corrected chi connectivity index (χ4v) is 2.32. The Labute approximate surface area is 156 Å². The number of para-hydroxylation sites is 1. The summed E-state index contributed by atoms with van der Waals surface area (Å²) in [6.45, 7) is -0.195. The van der Waals surface area contributed by atoms with E-state index in [4.69, 9.17) is 15.2 Å². The van der Waals surface area contributed by atoms with E-state index in [0.717, 1.165) is 0 Å². The van der Waals surface area contributed by atoms with Crippen LogP contribution in [0.1, 0.15) is 10.4 Å². The minimum Gasteiger partial charge on any atom is -0.484 e. The first-order valence-electron chi connectivity index (χ1n) is 8.25. The fraction of sp³-hybridized carbons (Fsp3) is 0.0476. The number of amides is 2. The molecule has 0 spiro atoms. The van der Waals surface area contributed by atoms with Gasteiger partial charge in [-0.2, -0.15) is 0 Å². The Balaban J connectivity index is 1.64. The monoisotopic (exact) mass is 362 g/mol. The Hall–Kier alpha value is -3.80. The van der Waals surface area contributed by atoms with Crippen molar-refractivity contribution in [2.45, 2.75) is 0 Å². The van der Waals surface area contributed by atoms with Gasteiger partial charge in [0.2, 0.25) is 0 Å². The summed E-state index contributed by atoms with van der Waals surface area (Å²) in [4.78, 5) is 23.2. The minimum absolute atomic E-state index is 0.195. The number of benzene rings is 3. The molecule has 0 aliphatic heterocycles. The molecule has 0 aliphatic rings. The standard InChI is InChI=1S/C21H18N2O4/c22-20(24)14-26-17-11-9-16(10-12-17)23-21(25)15-5-4-8-19(13-15)27-18-6-2-1-3-7-18/h1-13H,14H2,(H2,22,24)(H,23,25). The average Bonchev–Trinajstić information content (AvgIpc) is 2.68. The topological polar surface area (TPSA) is 90.7 Å². The normalized spacial score (nSPS) is 10.1. The number of carbonyl (C=O) groups is 2. The Morgan fingerprint density at radius 1 is 0.815 bits per heavy atom. The number of rotatable bonds is 7. The highest BCUT2D eigenvalue weighted by Crippen LogP contribution is 2.22. The molecular weight excluding hydrogens is 344 g/mol. The van der Waals surface area contributed by atoms with Crippen LogP contribution in [-0.4, -0.2) is 18.4 Å². The van der Waals surface area contributed by atoms with Gasteiger partial charge in [-0.1, -0.05) is 24.3 Å². The summed E-state index contributed by atoms with van der Waals surface area (Å²) in [6, 6.07) is 22.9. The first-order valence-corrected chi connectivity index (χ1v) is 8.25. The summed E-state index contributed by atoms with van der Waals surface area (Å²) < 4.78 is 10.9. The van der Waals surface area contributed by atoms with Crippen LogP contribution in [0.25, 0.3) is 0 Å². The van der Waals surface area contributed by atoms with E-state index < -0.39 is 5.91 Å². The van der Waals surface area contributed by atoms with Gasteiger partial charge in [0.15, 0.2) is 6.61 Å². The van der Waals surface area contributed by atoms with Crippen LogP contribution in [0.4, 0.5) is 5.69 Å². The third-order valence-corrected chi connectivity index (χ3v) is 3.57. The van der Waals surface area contributed by atoms with Gasteiger partial charge in [-0.15, -0.1) is 0 Å². The van der Waals surface area contributed by atoms with E-state index in [1.807, 2.05) is 30.3 Å². The molecule has 0 bridgehead atoms. The number of ether oxygens (including phenoxy) is 2. The number of nitrogens with two attached hydrogens (primary N) is 1. The van der Waals surface area contributed by atoms with Crippen molar-refractivity contribution in [3.63, 3.8) is 0 Å². The molecular formula is C21H18N2O4. The van der Waals surface area contributed by atoms with Gasteiger partial charge in [0.1, 0.15) is 17.2 Å². The lowest BCUT2D eigenvalue weighted by atomic mass is 10.2. The van der Waals surface area contributed by atoms with Crippen molar-refractivity contribution >= 4 is 17.5 Å². The van der Waals surface area contributed by atoms with Crippen molar-refractivity contribution < 1.29 is 19.1 Å². The first kappa shape index (κ1) is 18.0. The number of primary amides is 1. The third-order valence-electron chi connectivity index (χ3n) is 3.57. The van der Waals surface area contributed by atoms with Gasteiger partial charge in [-0.3, -0.25) is 9.59 Å². The van der Waals surface area contributed by atoms with Crippen LogP contribution in [0.3, 0.4) is 0 Å². The van der Waals surface area contributed by atoms with Crippen LogP contribution in [0.15, 0.2) is 78.9 Å². The fourth-order valence-electron chi connectivity index (χ4n) is 2.32. The highest BCUT2D eigenvalue weighted by Gasteiger charge is 2.08. The van der Waals surface area contributed by atoms with Crippen LogP contribution in [0.2, 0.25) is 0 Å². The maximum Gasteiger partial charge on any atom is 0.255 e. The van der Waals surface area contributed by atoms with Gasteiger partial charge < -0.3 is 20.5 Å². The molecule has 0 saturated carbocycles. The third kappa shape index (κ3) is 5.34. The van der Waals surface area contributed by atoms with Crippen LogP contribution in [0.5, 0.6) is 17.2 Å². The smallest absolute Gasteiger partial charge is 0.255 e. The maximum atomic E-state index is 12.5. The summed E-state index contributed by atoms with van der Waals surface area (Å²) in [7, 11) is 0. The molecule has 0 aliphatic carbocycles. The van der Waals surface area contributed by atoms with E-state index >= 15 is 0 Å². The molecule has 0 heterocycles. The Morgan fingerprint density at radius 2 is 1.52 bits per heavy atom. The van der Waals surface area contributed by atoms with E-state index in [2.05, 4.69) is 5.32 Å². The molecule has 6 heteroatoms. The summed E-state index contributed by atoms with van der Waals surface area (Å²) in [5.74, 6) is 0.944. The summed E-state index contributed by atoms with van der Waals surface area (Å²) >= 11 is 0. The molecule has 3 rings (SSSR count). The second-order valence-electron chi connectivity index (χ2n) is 5.68. The Kier molecular flexibility index (Phi) is 5.69. The molecule has 0 fully saturated rings. The summed E-state index contributed by atoms with van der Waals surface area (Å²) in [5.41, 5.74) is 6.10.